The van der Waals surface area contributed by atoms with E-state index >= 15 is 0 Å². The molecule has 1 aliphatic rings. The minimum atomic E-state index is -3.62. The number of rotatable bonds is 2. The number of primary sulfonamides is 1. The van der Waals surface area contributed by atoms with Gasteiger partial charge in [0.25, 0.3) is 5.91 Å². The highest BCUT2D eigenvalue weighted by atomic mass is 32.2. The topological polar surface area (TPSA) is 104 Å². The molecular formula is C13H15N3O3S. The maximum Gasteiger partial charge on any atom is 0.253 e. The summed E-state index contributed by atoms with van der Waals surface area (Å²) in [5.74, 6) is -0.233. The van der Waals surface area contributed by atoms with Crippen molar-refractivity contribution >= 4 is 15.9 Å². The number of hydrogen-bond donors (Lipinski definition) is 1. The van der Waals surface area contributed by atoms with Crippen molar-refractivity contribution in [1.29, 1.82) is 5.26 Å². The molecular weight excluding hydrogens is 278 g/mol. The van der Waals surface area contributed by atoms with E-state index in [4.69, 9.17) is 10.4 Å². The molecule has 2 rings (SSSR count). The van der Waals surface area contributed by atoms with E-state index in [1.54, 1.807) is 24.3 Å². The van der Waals surface area contributed by atoms with E-state index in [1.165, 1.54) is 4.90 Å². The first-order valence-electron chi connectivity index (χ1n) is 6.23. The molecule has 0 radical (unpaired) electrons. The van der Waals surface area contributed by atoms with Gasteiger partial charge >= 0.3 is 0 Å². The number of nitriles is 1. The van der Waals surface area contributed by atoms with Crippen LogP contribution >= 0.6 is 0 Å². The van der Waals surface area contributed by atoms with E-state index in [2.05, 4.69) is 0 Å². The highest BCUT2D eigenvalue weighted by Crippen LogP contribution is 2.18. The molecule has 0 aliphatic carbocycles. The summed E-state index contributed by atoms with van der Waals surface area (Å²) in [6.07, 6.45) is 1.10. The highest BCUT2D eigenvalue weighted by Gasteiger charge is 2.30. The molecule has 2 N–H and O–H groups in total. The van der Waals surface area contributed by atoms with E-state index in [0.717, 1.165) is 0 Å². The van der Waals surface area contributed by atoms with Gasteiger partial charge in [-0.3, -0.25) is 4.79 Å². The summed E-state index contributed by atoms with van der Waals surface area (Å²) in [5, 5.41) is 13.2. The molecule has 0 saturated carbocycles. The van der Waals surface area contributed by atoms with Gasteiger partial charge in [-0.25, -0.2) is 13.6 Å². The lowest BCUT2D eigenvalue weighted by atomic mass is 10.1. The molecule has 1 heterocycles. The molecule has 1 fully saturated rings. The van der Waals surface area contributed by atoms with E-state index in [1.807, 2.05) is 6.07 Å². The lowest BCUT2D eigenvalue weighted by molar-refractivity contribution is 0.0727. The number of benzene rings is 1. The fraction of sp³-hybridized carbons (Fsp3) is 0.385. The van der Waals surface area contributed by atoms with Crippen LogP contribution in [0.4, 0.5) is 0 Å². The summed E-state index contributed by atoms with van der Waals surface area (Å²) in [6, 6.07) is 8.25. The first-order valence-corrected chi connectivity index (χ1v) is 7.84. The second-order valence-electron chi connectivity index (χ2n) is 4.79. The first kappa shape index (κ1) is 14.5. The van der Waals surface area contributed by atoms with Crippen LogP contribution in [0.5, 0.6) is 0 Å². The number of piperidine rings is 1. The Hall–Kier alpha value is -1.91. The molecule has 20 heavy (non-hydrogen) atoms. The van der Waals surface area contributed by atoms with Crippen LogP contribution in [0.25, 0.3) is 0 Å². The number of nitrogens with zero attached hydrogens (tertiary/aromatic N) is 2. The average Bonchev–Trinajstić information content (AvgIpc) is 2.46. The molecule has 7 heteroatoms. The summed E-state index contributed by atoms with van der Waals surface area (Å²) in [7, 11) is -3.62. The maximum atomic E-state index is 12.3. The summed E-state index contributed by atoms with van der Waals surface area (Å²) >= 11 is 0. The fourth-order valence-electron chi connectivity index (χ4n) is 2.26. The Labute approximate surface area is 117 Å². The Morgan fingerprint density at radius 3 is 2.55 bits per heavy atom. The second-order valence-corrected chi connectivity index (χ2v) is 6.64. The molecule has 1 saturated heterocycles. The van der Waals surface area contributed by atoms with Gasteiger partial charge < -0.3 is 4.90 Å². The molecule has 1 aliphatic heterocycles. The fourth-order valence-corrected chi connectivity index (χ4v) is 3.14. The van der Waals surface area contributed by atoms with E-state index < -0.39 is 15.3 Å². The first-order chi connectivity index (χ1) is 9.41. The largest absolute Gasteiger partial charge is 0.337 e. The van der Waals surface area contributed by atoms with Crippen LogP contribution in [0.1, 0.15) is 28.8 Å². The smallest absolute Gasteiger partial charge is 0.253 e. The molecule has 0 aromatic heterocycles. The third-order valence-corrected chi connectivity index (χ3v) is 4.70. The molecule has 1 unspecified atom stereocenters. The van der Waals surface area contributed by atoms with Crippen LogP contribution in [-0.2, 0) is 10.0 Å². The van der Waals surface area contributed by atoms with Gasteiger partial charge in [0.1, 0.15) is 0 Å². The minimum absolute atomic E-state index is 0.123. The molecule has 0 spiro atoms. The third kappa shape index (κ3) is 3.15. The quantitative estimate of drug-likeness (QED) is 0.854. The minimum Gasteiger partial charge on any atom is -0.337 e. The number of nitrogens with two attached hydrogens (primary N) is 1. The molecule has 1 amide bonds. The van der Waals surface area contributed by atoms with Crippen molar-refractivity contribution in [3.05, 3.63) is 35.4 Å². The van der Waals surface area contributed by atoms with Crippen molar-refractivity contribution in [3.63, 3.8) is 0 Å². The molecule has 1 aromatic carbocycles. The number of likely N-dealkylation sites (tertiary alicyclic amines) is 1. The standard InChI is InChI=1S/C13H15N3O3S/c14-8-10-3-5-11(6-4-10)13(17)16-7-1-2-12(9-16)20(15,18)19/h3-6,12H,1-2,7,9H2,(H2,15,18,19). The zero-order valence-electron chi connectivity index (χ0n) is 10.8. The lowest BCUT2D eigenvalue weighted by Crippen LogP contribution is -2.47. The predicted octanol–water partition coefficient (Wildman–Crippen LogP) is 0.451. The van der Waals surface area contributed by atoms with Gasteiger partial charge in [-0.05, 0) is 37.1 Å². The Bertz CT molecular complexity index is 646. The van der Waals surface area contributed by atoms with Gasteiger partial charge in [0.05, 0.1) is 16.9 Å². The SMILES string of the molecule is N#Cc1ccc(C(=O)N2CCCC(S(N)(=O)=O)C2)cc1. The Morgan fingerprint density at radius 1 is 1.35 bits per heavy atom. The molecule has 1 aromatic rings. The van der Waals surface area contributed by atoms with Crippen molar-refractivity contribution < 1.29 is 13.2 Å². The van der Waals surface area contributed by atoms with Crippen LogP contribution < -0.4 is 5.14 Å². The van der Waals surface area contributed by atoms with Crippen LogP contribution in [0.15, 0.2) is 24.3 Å². The van der Waals surface area contributed by atoms with Crippen molar-refractivity contribution in [1.82, 2.24) is 4.90 Å². The normalized spacial score (nSPS) is 19.4. The zero-order valence-corrected chi connectivity index (χ0v) is 11.6. The molecule has 1 atom stereocenters. The third-order valence-electron chi connectivity index (χ3n) is 3.39. The average molecular weight is 293 g/mol. The summed E-state index contributed by atoms with van der Waals surface area (Å²) in [5.41, 5.74) is 0.918. The summed E-state index contributed by atoms with van der Waals surface area (Å²) in [4.78, 5) is 13.8. The number of carbonyl (C=O) groups excluding carboxylic acids is 1. The Morgan fingerprint density at radius 2 is 2.00 bits per heavy atom. The van der Waals surface area contributed by atoms with Gasteiger partial charge in [0.15, 0.2) is 0 Å². The molecule has 106 valence electrons. The molecule has 6 nitrogen and oxygen atoms in total. The molecule has 0 bridgehead atoms. The number of amides is 1. The van der Waals surface area contributed by atoms with Crippen LogP contribution in [0.3, 0.4) is 0 Å². The van der Waals surface area contributed by atoms with E-state index in [0.29, 0.717) is 30.5 Å². The maximum absolute atomic E-state index is 12.3. The van der Waals surface area contributed by atoms with E-state index in [9.17, 15) is 13.2 Å². The van der Waals surface area contributed by atoms with Gasteiger partial charge in [0.2, 0.25) is 10.0 Å². The van der Waals surface area contributed by atoms with Gasteiger partial charge in [-0.15, -0.1) is 0 Å². The van der Waals surface area contributed by atoms with Crippen molar-refractivity contribution in [2.24, 2.45) is 5.14 Å². The second kappa shape index (κ2) is 5.61. The highest BCUT2D eigenvalue weighted by molar-refractivity contribution is 7.89. The number of hydrogen-bond acceptors (Lipinski definition) is 4. The lowest BCUT2D eigenvalue weighted by Gasteiger charge is -2.31. The van der Waals surface area contributed by atoms with Crippen LogP contribution in [0, 0.1) is 11.3 Å². The number of carbonyl (C=O) groups is 1. The summed E-state index contributed by atoms with van der Waals surface area (Å²) < 4.78 is 22.8. The van der Waals surface area contributed by atoms with Gasteiger partial charge in [0, 0.05) is 18.7 Å². The van der Waals surface area contributed by atoms with Crippen LogP contribution in [0.2, 0.25) is 0 Å². The predicted molar refractivity (Wildman–Crippen MR) is 73.2 cm³/mol. The van der Waals surface area contributed by atoms with Gasteiger partial charge in [-0.1, -0.05) is 0 Å². The summed E-state index contributed by atoms with van der Waals surface area (Å²) in [6.45, 7) is 0.641. The van der Waals surface area contributed by atoms with E-state index in [-0.39, 0.29) is 12.5 Å². The monoisotopic (exact) mass is 293 g/mol. The Kier molecular flexibility index (Phi) is 4.06. The Balaban J connectivity index is 2.14. The van der Waals surface area contributed by atoms with Crippen LogP contribution in [-0.4, -0.2) is 37.6 Å². The van der Waals surface area contributed by atoms with Crippen molar-refractivity contribution in [2.75, 3.05) is 13.1 Å². The van der Waals surface area contributed by atoms with Crippen molar-refractivity contribution in [2.45, 2.75) is 18.1 Å². The number of sulfonamides is 1. The zero-order chi connectivity index (χ0) is 14.8. The van der Waals surface area contributed by atoms with Gasteiger partial charge in [-0.2, -0.15) is 5.26 Å². The van der Waals surface area contributed by atoms with Crippen molar-refractivity contribution in [3.8, 4) is 6.07 Å².